The molecule has 2 amide bonds. The first-order valence-electron chi connectivity index (χ1n) is 13.6. The Balaban J connectivity index is 1.52. The highest BCUT2D eigenvalue weighted by atomic mass is 35.5. The van der Waals surface area contributed by atoms with E-state index in [1.165, 1.54) is 0 Å². The molecule has 0 aliphatic heterocycles. The second kappa shape index (κ2) is 12.6. The molecule has 2 heterocycles. The molecule has 42 heavy (non-hydrogen) atoms. The van der Waals surface area contributed by atoms with Crippen molar-refractivity contribution >= 4 is 45.0 Å². The zero-order chi connectivity index (χ0) is 30.0. The molecule has 2 aromatic heterocycles. The monoisotopic (exact) mass is 613 g/mol. The number of amides is 2. The first-order valence-corrected chi connectivity index (χ1v) is 14.8. The summed E-state index contributed by atoms with van der Waals surface area (Å²) in [5.74, 6) is -0.997. The number of fused-ring (bicyclic) bond motifs is 1. The fraction of sp³-hybridized carbons (Fsp3) is 0.323. The van der Waals surface area contributed by atoms with Gasteiger partial charge in [0, 0.05) is 36.6 Å². The predicted molar refractivity (Wildman–Crippen MR) is 159 cm³/mol. The van der Waals surface area contributed by atoms with Gasteiger partial charge in [0.15, 0.2) is 0 Å². The van der Waals surface area contributed by atoms with Crippen LogP contribution in [0.3, 0.4) is 0 Å². The van der Waals surface area contributed by atoms with Gasteiger partial charge < -0.3 is 20.1 Å². The number of thiophene rings is 1. The highest BCUT2D eigenvalue weighted by molar-refractivity contribution is 7.21. The molecular weight excluding hydrogens is 584 g/mol. The smallest absolute Gasteiger partial charge is 0.404 e. The standard InChI is InChI=1S/C31H30ClF2N3O4S/c1-17-13-20(11-12-35-17)19-5-10-25(41-2)21(14-19)16-37(22-6-3-18(4-7-22)15-36-31(39)40)30(38)29-27(32)26-23(33)8-9-24(34)28(26)42-29/h5,8-14,18,22,36H,3-4,6-7,15-16H2,1-2H3,(H,39,40). The topological polar surface area (TPSA) is 91.8 Å². The molecule has 1 aliphatic carbocycles. The Labute approximate surface area is 251 Å². The number of benzene rings is 2. The Morgan fingerprint density at radius 2 is 1.81 bits per heavy atom. The van der Waals surface area contributed by atoms with Crippen molar-refractivity contribution in [2.24, 2.45) is 5.92 Å². The number of nitrogens with zero attached hydrogens (tertiary/aromatic N) is 2. The van der Waals surface area contributed by atoms with Crippen LogP contribution < -0.4 is 10.1 Å². The lowest BCUT2D eigenvalue weighted by Crippen LogP contribution is -2.43. The Morgan fingerprint density at radius 3 is 2.48 bits per heavy atom. The Hall–Kier alpha value is -3.76. The van der Waals surface area contributed by atoms with Crippen molar-refractivity contribution in [3.05, 3.63) is 81.5 Å². The minimum Gasteiger partial charge on any atom is -0.496 e. The summed E-state index contributed by atoms with van der Waals surface area (Å²) in [6.45, 7) is 2.44. The van der Waals surface area contributed by atoms with Crippen molar-refractivity contribution in [2.45, 2.75) is 45.2 Å². The average Bonchev–Trinajstić information content (AvgIpc) is 3.35. The normalized spacial score (nSPS) is 16.8. The molecule has 0 radical (unpaired) electrons. The van der Waals surface area contributed by atoms with Crippen LogP contribution in [0.5, 0.6) is 5.75 Å². The molecule has 220 valence electrons. The third-order valence-electron chi connectivity index (χ3n) is 7.79. The van der Waals surface area contributed by atoms with Gasteiger partial charge in [-0.25, -0.2) is 13.6 Å². The number of pyridine rings is 1. The summed E-state index contributed by atoms with van der Waals surface area (Å²) in [5.41, 5.74) is 3.53. The molecule has 0 atom stereocenters. The van der Waals surface area contributed by atoms with E-state index >= 15 is 0 Å². The lowest BCUT2D eigenvalue weighted by molar-refractivity contribution is 0.0592. The van der Waals surface area contributed by atoms with Crippen LogP contribution in [-0.4, -0.2) is 46.7 Å². The summed E-state index contributed by atoms with van der Waals surface area (Å²) in [6, 6.07) is 11.5. The van der Waals surface area contributed by atoms with E-state index in [0.29, 0.717) is 38.0 Å². The second-order valence-corrected chi connectivity index (χ2v) is 11.9. The number of methoxy groups -OCH3 is 1. The number of aryl methyl sites for hydroxylation is 1. The van der Waals surface area contributed by atoms with E-state index in [0.717, 1.165) is 45.9 Å². The first-order chi connectivity index (χ1) is 20.2. The molecule has 7 nitrogen and oxygen atoms in total. The van der Waals surface area contributed by atoms with Crippen molar-refractivity contribution in [2.75, 3.05) is 13.7 Å². The van der Waals surface area contributed by atoms with E-state index in [1.807, 2.05) is 37.3 Å². The summed E-state index contributed by atoms with van der Waals surface area (Å²) in [5, 5.41) is 11.2. The molecule has 5 rings (SSSR count). The van der Waals surface area contributed by atoms with Gasteiger partial charge >= 0.3 is 6.09 Å². The summed E-state index contributed by atoms with van der Waals surface area (Å²) in [7, 11) is 1.57. The number of hydrogen-bond acceptors (Lipinski definition) is 5. The van der Waals surface area contributed by atoms with Gasteiger partial charge in [0.2, 0.25) is 0 Å². The van der Waals surface area contributed by atoms with Gasteiger partial charge in [0.05, 0.1) is 22.2 Å². The predicted octanol–water partition coefficient (Wildman–Crippen LogP) is 7.68. The molecule has 1 saturated carbocycles. The van der Waals surface area contributed by atoms with Crippen molar-refractivity contribution in [3.63, 3.8) is 0 Å². The number of hydrogen-bond donors (Lipinski definition) is 2. The Bertz CT molecular complexity index is 1640. The molecule has 0 spiro atoms. The SMILES string of the molecule is COc1ccc(-c2ccnc(C)c2)cc1CN(C(=O)c1sc2c(F)ccc(F)c2c1Cl)C1CCC(CNC(=O)O)CC1. The fourth-order valence-electron chi connectivity index (χ4n) is 5.62. The van der Waals surface area contributed by atoms with E-state index in [2.05, 4.69) is 10.3 Å². The van der Waals surface area contributed by atoms with Gasteiger partial charge in [-0.15, -0.1) is 11.3 Å². The lowest BCUT2D eigenvalue weighted by Gasteiger charge is -2.37. The second-order valence-electron chi connectivity index (χ2n) is 10.5. The van der Waals surface area contributed by atoms with Crippen molar-refractivity contribution in [1.82, 2.24) is 15.2 Å². The number of ether oxygens (including phenoxy) is 1. The molecule has 0 saturated heterocycles. The molecule has 4 aromatic rings. The van der Waals surface area contributed by atoms with Crippen LogP contribution >= 0.6 is 22.9 Å². The van der Waals surface area contributed by atoms with E-state index in [9.17, 15) is 18.4 Å². The summed E-state index contributed by atoms with van der Waals surface area (Å²) >= 11 is 7.40. The van der Waals surface area contributed by atoms with Crippen LogP contribution in [0.2, 0.25) is 5.02 Å². The summed E-state index contributed by atoms with van der Waals surface area (Å²) in [4.78, 5) is 31.3. The maximum atomic E-state index is 14.7. The number of halogens is 3. The lowest BCUT2D eigenvalue weighted by atomic mass is 9.85. The fourth-order valence-corrected chi connectivity index (χ4v) is 7.12. The number of carboxylic acid groups (broad SMARTS) is 1. The van der Waals surface area contributed by atoms with E-state index < -0.39 is 23.6 Å². The number of carbonyl (C=O) groups excluding carboxylic acids is 1. The van der Waals surface area contributed by atoms with Crippen molar-refractivity contribution in [3.8, 4) is 16.9 Å². The van der Waals surface area contributed by atoms with Crippen molar-refractivity contribution in [1.29, 1.82) is 0 Å². The Kier molecular flexibility index (Phi) is 8.93. The van der Waals surface area contributed by atoms with Gasteiger partial charge in [-0.3, -0.25) is 9.78 Å². The van der Waals surface area contributed by atoms with Crippen LogP contribution in [0.4, 0.5) is 13.6 Å². The number of carbonyl (C=O) groups is 2. The molecule has 1 fully saturated rings. The van der Waals surface area contributed by atoms with E-state index in [-0.39, 0.29) is 38.5 Å². The zero-order valence-corrected chi connectivity index (χ0v) is 24.7. The highest BCUT2D eigenvalue weighted by Gasteiger charge is 2.33. The minimum atomic E-state index is -1.07. The Morgan fingerprint density at radius 1 is 1.10 bits per heavy atom. The number of aromatic nitrogens is 1. The molecule has 0 bridgehead atoms. The van der Waals surface area contributed by atoms with Gasteiger partial charge in [0.25, 0.3) is 5.91 Å². The van der Waals surface area contributed by atoms with E-state index in [1.54, 1.807) is 18.2 Å². The largest absolute Gasteiger partial charge is 0.496 e. The molecule has 0 unspecified atom stereocenters. The van der Waals surface area contributed by atoms with Gasteiger partial charge in [-0.2, -0.15) is 0 Å². The third kappa shape index (κ3) is 6.19. The van der Waals surface area contributed by atoms with Crippen molar-refractivity contribution < 1.29 is 28.2 Å². The highest BCUT2D eigenvalue weighted by Crippen LogP contribution is 2.41. The third-order valence-corrected chi connectivity index (χ3v) is 9.46. The molecule has 1 aliphatic rings. The molecule has 11 heteroatoms. The molecule has 2 aromatic carbocycles. The number of rotatable bonds is 8. The average molecular weight is 614 g/mol. The number of nitrogens with one attached hydrogen (secondary N) is 1. The first kappa shape index (κ1) is 29.7. The minimum absolute atomic E-state index is 0.000567. The van der Waals surface area contributed by atoms with Crippen LogP contribution in [0.15, 0.2) is 48.7 Å². The van der Waals surface area contributed by atoms with Gasteiger partial charge in [0.1, 0.15) is 22.3 Å². The zero-order valence-electron chi connectivity index (χ0n) is 23.1. The summed E-state index contributed by atoms with van der Waals surface area (Å²) < 4.78 is 35.0. The van der Waals surface area contributed by atoms with Crippen LogP contribution in [-0.2, 0) is 6.54 Å². The quantitative estimate of drug-likeness (QED) is 0.213. The van der Waals surface area contributed by atoms with E-state index in [4.69, 9.17) is 21.4 Å². The van der Waals surface area contributed by atoms with Crippen LogP contribution in [0, 0.1) is 24.5 Å². The van der Waals surface area contributed by atoms with Crippen LogP contribution in [0.1, 0.15) is 46.6 Å². The molecular formula is C31H30ClF2N3O4S. The van der Waals surface area contributed by atoms with Gasteiger partial charge in [-0.05, 0) is 86.1 Å². The van der Waals surface area contributed by atoms with Gasteiger partial charge in [-0.1, -0.05) is 17.7 Å². The maximum absolute atomic E-state index is 14.7. The van der Waals surface area contributed by atoms with Crippen LogP contribution in [0.25, 0.3) is 21.2 Å². The maximum Gasteiger partial charge on any atom is 0.404 e. The molecule has 2 N–H and O–H groups in total. The summed E-state index contributed by atoms with van der Waals surface area (Å²) in [6.07, 6.45) is 3.37.